The molecule has 2 saturated heterocycles. The minimum atomic E-state index is -1.77. The summed E-state index contributed by atoms with van der Waals surface area (Å²) in [6.45, 7) is 7.92. The topological polar surface area (TPSA) is 229 Å². The number of hydrogen-bond acceptors (Lipinski definition) is 14. The van der Waals surface area contributed by atoms with Crippen molar-refractivity contribution in [2.24, 2.45) is 0 Å². The number of aliphatic hydroxyl groups excluding tert-OH is 2. The van der Waals surface area contributed by atoms with E-state index in [2.05, 4.69) is 51.0 Å². The Morgan fingerprint density at radius 1 is 0.617 bits per heavy atom. The normalized spacial score (nSPS) is 16.9. The van der Waals surface area contributed by atoms with E-state index in [1.165, 1.54) is 46.9 Å². The number of halogens is 1. The molecule has 4 unspecified atom stereocenters. The molecule has 0 aromatic heterocycles. The van der Waals surface area contributed by atoms with Crippen molar-refractivity contribution in [2.75, 3.05) is 67.8 Å². The maximum Gasteiger partial charge on any atom is 0.254 e. The second kappa shape index (κ2) is 34.2. The molecule has 0 spiro atoms. The van der Waals surface area contributed by atoms with E-state index >= 15 is 0 Å². The number of rotatable bonds is 22. The van der Waals surface area contributed by atoms with E-state index in [0.29, 0.717) is 56.0 Å². The number of aliphatic hydroxyl groups is 2. The SMILES string of the molecule is C#Cc1ccc(COC(C)CO)cc1.CNC(=O)[C@@](C)(C(=O)COC1CCCCO1)N(C)C(=O)c1ccc(C#Cc2ccc(COC(C)CO)cc2)cc1.CNC(=O)[C@@](C)(C(=O)COC1CCCCO1)N(C)C(=O)c1ccc(I)cc1. The first-order chi connectivity index (χ1) is 38.7. The summed E-state index contributed by atoms with van der Waals surface area (Å²) >= 11 is 2.14. The molecule has 4 aromatic rings. The Labute approximate surface area is 490 Å². The summed E-state index contributed by atoms with van der Waals surface area (Å²) < 4.78 is 34.0. The molecule has 4 aromatic carbocycles. The smallest absolute Gasteiger partial charge is 0.254 e. The molecule has 19 heteroatoms. The van der Waals surface area contributed by atoms with Crippen LogP contribution in [0.4, 0.5) is 0 Å². The fraction of sp³-hybridized carbons (Fsp3) is 0.452. The van der Waals surface area contributed by atoms with Crippen LogP contribution in [0.15, 0.2) is 97.1 Å². The number of nitrogens with zero attached hydrogens (tertiary/aromatic N) is 2. The highest BCUT2D eigenvalue weighted by Crippen LogP contribution is 2.24. The second-order valence-corrected chi connectivity index (χ2v) is 20.8. The van der Waals surface area contributed by atoms with Crippen LogP contribution in [0.25, 0.3) is 0 Å². The lowest BCUT2D eigenvalue weighted by atomic mass is 9.92. The maximum atomic E-state index is 13.3. The van der Waals surface area contributed by atoms with E-state index in [1.807, 2.05) is 55.5 Å². The Balaban J connectivity index is 0.000000294. The van der Waals surface area contributed by atoms with Crippen LogP contribution >= 0.6 is 22.6 Å². The minimum Gasteiger partial charge on any atom is -0.394 e. The summed E-state index contributed by atoms with van der Waals surface area (Å²) in [6.07, 6.45) is 9.16. The Morgan fingerprint density at radius 3 is 1.31 bits per heavy atom. The van der Waals surface area contributed by atoms with Crippen LogP contribution in [0.1, 0.15) is 115 Å². The zero-order valence-corrected chi connectivity index (χ0v) is 49.7. The number of carbonyl (C=O) groups is 6. The first-order valence-corrected chi connectivity index (χ1v) is 27.8. The molecule has 2 aliphatic heterocycles. The molecule has 2 aliphatic rings. The molecule has 18 nitrogen and oxygen atoms in total. The second-order valence-electron chi connectivity index (χ2n) is 19.6. The summed E-state index contributed by atoms with van der Waals surface area (Å²) in [5.41, 5.74) is 1.68. The first-order valence-electron chi connectivity index (χ1n) is 26.8. The van der Waals surface area contributed by atoms with Crippen molar-refractivity contribution in [3.63, 3.8) is 0 Å². The number of ether oxygens (including phenoxy) is 6. The van der Waals surface area contributed by atoms with Gasteiger partial charge in [-0.1, -0.05) is 42.0 Å². The summed E-state index contributed by atoms with van der Waals surface area (Å²) in [7, 11) is 5.73. The lowest BCUT2D eigenvalue weighted by Gasteiger charge is -2.36. The van der Waals surface area contributed by atoms with Gasteiger partial charge < -0.3 is 59.1 Å². The molecule has 0 aliphatic carbocycles. The van der Waals surface area contributed by atoms with Gasteiger partial charge in [0.15, 0.2) is 35.2 Å². The number of Topliss-reactive ketones (excluding diaryl/α,β-unsaturated/α-hetero) is 2. The fourth-order valence-electron chi connectivity index (χ4n) is 7.91. The van der Waals surface area contributed by atoms with Gasteiger partial charge in [0.05, 0.1) is 38.6 Å². The molecule has 81 heavy (non-hydrogen) atoms. The third-order valence-electron chi connectivity index (χ3n) is 13.7. The summed E-state index contributed by atoms with van der Waals surface area (Å²) in [6, 6.07) is 28.8. The van der Waals surface area contributed by atoms with Gasteiger partial charge in [-0.05, 0) is 173 Å². The van der Waals surface area contributed by atoms with Crippen LogP contribution in [0.3, 0.4) is 0 Å². The first kappa shape index (κ1) is 67.1. The fourth-order valence-corrected chi connectivity index (χ4v) is 8.27. The monoisotopic (exact) mass is 1230 g/mol. The summed E-state index contributed by atoms with van der Waals surface area (Å²) in [4.78, 5) is 80.0. The van der Waals surface area contributed by atoms with Crippen LogP contribution in [0.2, 0.25) is 0 Å². The average molecular weight is 1230 g/mol. The number of terminal acetylenes is 1. The number of likely N-dealkylation sites (N-methyl/N-ethyl adjacent to an activating group) is 4. The molecule has 6 rings (SSSR count). The van der Waals surface area contributed by atoms with Gasteiger partial charge in [0, 0.05) is 72.8 Å². The molecule has 0 radical (unpaired) electrons. The molecule has 4 N–H and O–H groups in total. The van der Waals surface area contributed by atoms with Crippen molar-refractivity contribution in [1.29, 1.82) is 0 Å². The Bertz CT molecular complexity index is 2770. The number of benzene rings is 4. The van der Waals surface area contributed by atoms with E-state index in [4.69, 9.17) is 45.1 Å². The van der Waals surface area contributed by atoms with Crippen LogP contribution < -0.4 is 10.6 Å². The zero-order valence-electron chi connectivity index (χ0n) is 47.6. The highest BCUT2D eigenvalue weighted by molar-refractivity contribution is 14.1. The molecule has 0 bridgehead atoms. The Hall–Kier alpha value is -6.37. The van der Waals surface area contributed by atoms with Crippen molar-refractivity contribution in [3.05, 3.63) is 140 Å². The molecule has 0 saturated carbocycles. The van der Waals surface area contributed by atoms with Gasteiger partial charge in [-0.2, -0.15) is 0 Å². The molecular weight excluding hydrogens is 1150 g/mol. The number of ketones is 2. The lowest BCUT2D eigenvalue weighted by molar-refractivity contribution is -0.174. The van der Waals surface area contributed by atoms with Crippen LogP contribution in [0, 0.1) is 27.8 Å². The van der Waals surface area contributed by atoms with Crippen LogP contribution in [-0.4, -0.2) is 159 Å². The molecule has 2 fully saturated rings. The van der Waals surface area contributed by atoms with Gasteiger partial charge in [0.1, 0.15) is 13.2 Å². The Morgan fingerprint density at radius 2 is 0.975 bits per heavy atom. The van der Waals surface area contributed by atoms with Gasteiger partial charge in [0.25, 0.3) is 23.6 Å². The minimum absolute atomic E-state index is 0.0269. The number of amides is 4. The van der Waals surface area contributed by atoms with E-state index in [9.17, 15) is 28.8 Å². The summed E-state index contributed by atoms with van der Waals surface area (Å²) in [5, 5.41) is 22.8. The number of nitrogens with one attached hydrogen (secondary N) is 2. The van der Waals surface area contributed by atoms with Crippen molar-refractivity contribution in [2.45, 2.75) is 115 Å². The van der Waals surface area contributed by atoms with E-state index in [1.54, 1.807) is 55.5 Å². The standard InChI is InChI=1S/C31H38N2O7.C19H25IN2O5.C12H14O2/c1-22(19-34)39-20-25-12-10-23(11-13-25)8-9-24-14-16-26(17-15-24)29(36)33(4)31(2,30(37)32-3)27(35)21-40-28-7-5-6-18-38-28;1-19(18(25)21-2,15(23)12-27-16-6-4-5-11-26-16)22(3)17(24)13-7-9-14(20)10-8-13;1-3-11-4-6-12(7-5-11)9-14-10(2)8-13/h10-17,22,28,34H,5-7,18-21H2,1-4H3,(H,32,37);7-10,16H,4-6,11-12H2,1-3H3,(H,21,25);1,4-7,10,13H,8-9H2,2H3/t22?,28?,31-;16?,19-;/m11./s1. The molecule has 6 atom stereocenters. The van der Waals surface area contributed by atoms with Crippen molar-refractivity contribution in [3.8, 4) is 24.2 Å². The molecule has 4 amide bonds. The van der Waals surface area contributed by atoms with Gasteiger partial charge in [0.2, 0.25) is 0 Å². The van der Waals surface area contributed by atoms with Gasteiger partial charge >= 0.3 is 0 Å². The third kappa shape index (κ3) is 20.2. The highest BCUT2D eigenvalue weighted by atomic mass is 127. The molecule has 2 heterocycles. The predicted molar refractivity (Wildman–Crippen MR) is 313 cm³/mol. The third-order valence-corrected chi connectivity index (χ3v) is 14.4. The van der Waals surface area contributed by atoms with Gasteiger partial charge in [-0.15, -0.1) is 6.42 Å². The van der Waals surface area contributed by atoms with E-state index < -0.39 is 58.9 Å². The van der Waals surface area contributed by atoms with Crippen molar-refractivity contribution < 1.29 is 67.4 Å². The van der Waals surface area contributed by atoms with E-state index in [-0.39, 0.29) is 38.6 Å². The van der Waals surface area contributed by atoms with Crippen LogP contribution in [-0.2, 0) is 60.8 Å². The largest absolute Gasteiger partial charge is 0.394 e. The lowest BCUT2D eigenvalue weighted by Crippen LogP contribution is -2.62. The highest BCUT2D eigenvalue weighted by Gasteiger charge is 2.48. The summed E-state index contributed by atoms with van der Waals surface area (Å²) in [5.74, 6) is 5.59. The number of carbonyl (C=O) groups excluding carboxylic acids is 6. The van der Waals surface area contributed by atoms with Crippen LogP contribution in [0.5, 0.6) is 0 Å². The van der Waals surface area contributed by atoms with Gasteiger partial charge in [-0.3, -0.25) is 28.8 Å². The number of hydrogen-bond donors (Lipinski definition) is 4. The van der Waals surface area contributed by atoms with Crippen molar-refractivity contribution in [1.82, 2.24) is 20.4 Å². The maximum absolute atomic E-state index is 13.3. The van der Waals surface area contributed by atoms with E-state index in [0.717, 1.165) is 56.4 Å². The predicted octanol–water partition coefficient (Wildman–Crippen LogP) is 6.22. The zero-order chi connectivity index (χ0) is 59.5. The average Bonchev–Trinajstić information content (AvgIpc) is 3.59. The van der Waals surface area contributed by atoms with Crippen molar-refractivity contribution >= 4 is 57.8 Å². The molecule has 436 valence electrons. The van der Waals surface area contributed by atoms with Gasteiger partial charge in [-0.25, -0.2) is 0 Å². The quantitative estimate of drug-likeness (QED) is 0.0390. The molecular formula is C62H77IN4O14. The Kier molecular flexibility index (Phi) is 28.3.